The molecule has 2 fully saturated rings. The number of benzene rings is 1. The van der Waals surface area contributed by atoms with Crippen molar-refractivity contribution in [3.63, 3.8) is 0 Å². The molecule has 4 rings (SSSR count). The molecule has 0 aliphatic carbocycles. The fourth-order valence-corrected chi connectivity index (χ4v) is 5.38. The second-order valence-corrected chi connectivity index (χ2v) is 9.84. The molecule has 3 heterocycles. The molecule has 0 bridgehead atoms. The molecule has 0 N–H and O–H groups in total. The number of thiazole rings is 1. The van der Waals surface area contributed by atoms with Crippen molar-refractivity contribution in [3.8, 4) is 5.19 Å². The maximum atomic E-state index is 13.0. The number of aryl methyl sites for hydroxylation is 1. The van der Waals surface area contributed by atoms with E-state index in [1.165, 1.54) is 17.4 Å². The number of alkyl halides is 3. The van der Waals surface area contributed by atoms with E-state index in [0.29, 0.717) is 24.7 Å². The number of carbonyl (C=O) groups is 1. The Balaban J connectivity index is 1.20. The Hall–Kier alpha value is -1.84. The lowest BCUT2D eigenvalue weighted by Crippen LogP contribution is -2.50. The van der Waals surface area contributed by atoms with Crippen molar-refractivity contribution in [2.45, 2.75) is 56.8 Å². The zero-order valence-electron chi connectivity index (χ0n) is 18.2. The fourth-order valence-electron chi connectivity index (χ4n) is 4.60. The summed E-state index contributed by atoms with van der Waals surface area (Å²) in [6.07, 6.45) is 1.71. The maximum absolute atomic E-state index is 13.0. The molecule has 10 heteroatoms. The van der Waals surface area contributed by atoms with Crippen molar-refractivity contribution < 1.29 is 22.7 Å². The van der Waals surface area contributed by atoms with Crippen LogP contribution in [0, 0.1) is 0 Å². The second-order valence-electron chi connectivity index (χ2n) is 8.58. The number of piperidine rings is 2. The Labute approximate surface area is 200 Å². The Morgan fingerprint density at radius 1 is 1.15 bits per heavy atom. The molecule has 0 spiro atoms. The molecule has 0 atom stereocenters. The molecule has 1 amide bonds. The predicted octanol–water partition coefficient (Wildman–Crippen LogP) is 5.28. The number of aromatic nitrogens is 1. The van der Waals surface area contributed by atoms with Crippen LogP contribution in [0.2, 0.25) is 5.02 Å². The maximum Gasteiger partial charge on any atom is 0.417 e. The van der Waals surface area contributed by atoms with Gasteiger partial charge < -0.3 is 9.64 Å². The largest absolute Gasteiger partial charge is 0.467 e. The highest BCUT2D eigenvalue weighted by atomic mass is 35.5. The van der Waals surface area contributed by atoms with Gasteiger partial charge in [0.2, 0.25) is 5.91 Å². The van der Waals surface area contributed by atoms with E-state index in [-0.39, 0.29) is 29.9 Å². The molecule has 1 aromatic heterocycles. The summed E-state index contributed by atoms with van der Waals surface area (Å²) in [5, 5.41) is 2.32. The minimum absolute atomic E-state index is 0.00693. The van der Waals surface area contributed by atoms with Gasteiger partial charge in [0.1, 0.15) is 6.10 Å². The van der Waals surface area contributed by atoms with Crippen LogP contribution in [0.5, 0.6) is 5.19 Å². The molecule has 2 aliphatic heterocycles. The Morgan fingerprint density at radius 2 is 1.88 bits per heavy atom. The van der Waals surface area contributed by atoms with Crippen molar-refractivity contribution in [2.75, 3.05) is 26.2 Å². The first-order valence-corrected chi connectivity index (χ1v) is 12.5. The zero-order chi connectivity index (χ0) is 23.4. The average Bonchev–Trinajstić information content (AvgIpc) is 3.31. The number of halogens is 4. The molecule has 2 aliphatic rings. The number of carbonyl (C=O) groups excluding carboxylic acids is 1. The SMILES string of the molecule is O=C(CCc1ccc(Cl)c(C(F)(F)F)c1)N1CCC(N2CCC(Oc3nccs3)CC2)CC1. The van der Waals surface area contributed by atoms with Crippen LogP contribution in [0.25, 0.3) is 0 Å². The predicted molar refractivity (Wildman–Crippen MR) is 122 cm³/mol. The third-order valence-corrected chi connectivity index (χ3v) is 7.44. The van der Waals surface area contributed by atoms with Gasteiger partial charge in [0.15, 0.2) is 0 Å². The number of nitrogens with zero attached hydrogens (tertiary/aromatic N) is 3. The standard InChI is InChI=1S/C23H27ClF3N3O2S/c24-20-3-1-16(15-19(20)23(25,26)27)2-4-21(31)30-10-5-17(6-11-30)29-12-7-18(8-13-29)32-22-28-9-14-33-22/h1,3,9,14-15,17-18H,2,4-8,10-13H2. The first kappa shape index (κ1) is 24.3. The monoisotopic (exact) mass is 501 g/mol. The van der Waals surface area contributed by atoms with Crippen LogP contribution in [0.4, 0.5) is 13.2 Å². The van der Waals surface area contributed by atoms with Gasteiger partial charge >= 0.3 is 6.18 Å². The number of likely N-dealkylation sites (tertiary alicyclic amines) is 2. The summed E-state index contributed by atoms with van der Waals surface area (Å²) in [6, 6.07) is 4.31. The quantitative estimate of drug-likeness (QED) is 0.540. The molecular weight excluding hydrogens is 475 g/mol. The molecule has 33 heavy (non-hydrogen) atoms. The average molecular weight is 502 g/mol. The van der Waals surface area contributed by atoms with Crippen LogP contribution < -0.4 is 4.74 Å². The van der Waals surface area contributed by atoms with Crippen molar-refractivity contribution in [3.05, 3.63) is 45.9 Å². The number of ether oxygens (including phenoxy) is 1. The van der Waals surface area contributed by atoms with Crippen molar-refractivity contribution in [1.29, 1.82) is 0 Å². The smallest absolute Gasteiger partial charge is 0.417 e. The molecule has 0 unspecified atom stereocenters. The zero-order valence-corrected chi connectivity index (χ0v) is 19.8. The van der Waals surface area contributed by atoms with E-state index >= 15 is 0 Å². The number of amides is 1. The van der Waals surface area contributed by atoms with Crippen LogP contribution in [0.1, 0.15) is 43.2 Å². The molecule has 5 nitrogen and oxygen atoms in total. The highest BCUT2D eigenvalue weighted by Gasteiger charge is 2.33. The molecule has 1 aromatic carbocycles. The minimum Gasteiger partial charge on any atom is -0.467 e. The lowest BCUT2D eigenvalue weighted by Gasteiger charge is -2.41. The summed E-state index contributed by atoms with van der Waals surface area (Å²) in [6.45, 7) is 3.33. The summed E-state index contributed by atoms with van der Waals surface area (Å²) < 4.78 is 45.1. The first-order chi connectivity index (χ1) is 15.8. The number of hydrogen-bond acceptors (Lipinski definition) is 5. The van der Waals surface area contributed by atoms with Gasteiger partial charge in [-0.05, 0) is 49.8 Å². The normalized spacial score (nSPS) is 19.1. The number of rotatable bonds is 6. The summed E-state index contributed by atoms with van der Waals surface area (Å²) in [5.41, 5.74) is -0.381. The van der Waals surface area contributed by atoms with Crippen molar-refractivity contribution >= 4 is 28.8 Å². The van der Waals surface area contributed by atoms with E-state index in [2.05, 4.69) is 9.88 Å². The fraction of sp³-hybridized carbons (Fsp3) is 0.565. The van der Waals surface area contributed by atoms with E-state index in [4.69, 9.17) is 16.3 Å². The van der Waals surface area contributed by atoms with Gasteiger partial charge in [0.05, 0.1) is 10.6 Å². The highest BCUT2D eigenvalue weighted by molar-refractivity contribution is 7.11. The van der Waals surface area contributed by atoms with E-state index in [9.17, 15) is 18.0 Å². The summed E-state index contributed by atoms with van der Waals surface area (Å²) in [4.78, 5) is 21.2. The van der Waals surface area contributed by atoms with Crippen LogP contribution in [-0.4, -0.2) is 59.0 Å². The lowest BCUT2D eigenvalue weighted by atomic mass is 9.98. The van der Waals surface area contributed by atoms with Gasteiger partial charge in [0.25, 0.3) is 5.19 Å². The van der Waals surface area contributed by atoms with Gasteiger partial charge in [-0.3, -0.25) is 9.69 Å². The van der Waals surface area contributed by atoms with Gasteiger partial charge in [-0.15, -0.1) is 0 Å². The van der Waals surface area contributed by atoms with E-state index in [0.717, 1.165) is 50.0 Å². The summed E-state index contributed by atoms with van der Waals surface area (Å²) in [5.74, 6) is -0.00693. The Bertz CT molecular complexity index is 926. The van der Waals surface area contributed by atoms with Gasteiger partial charge in [-0.2, -0.15) is 13.2 Å². The molecule has 0 saturated carbocycles. The third kappa shape index (κ3) is 6.39. The molecule has 2 aromatic rings. The van der Waals surface area contributed by atoms with Gasteiger partial charge in [0, 0.05) is 50.2 Å². The van der Waals surface area contributed by atoms with Crippen LogP contribution in [0.3, 0.4) is 0 Å². The molecule has 180 valence electrons. The highest BCUT2D eigenvalue weighted by Crippen LogP contribution is 2.35. The second kappa shape index (κ2) is 10.6. The van der Waals surface area contributed by atoms with Crippen LogP contribution in [-0.2, 0) is 17.4 Å². The van der Waals surface area contributed by atoms with E-state index in [1.54, 1.807) is 12.3 Å². The molecule has 0 radical (unpaired) electrons. The van der Waals surface area contributed by atoms with Gasteiger partial charge in [-0.25, -0.2) is 4.98 Å². The lowest BCUT2D eigenvalue weighted by molar-refractivity contribution is -0.137. The Kier molecular flexibility index (Phi) is 7.81. The summed E-state index contributed by atoms with van der Waals surface area (Å²) in [7, 11) is 0. The van der Waals surface area contributed by atoms with E-state index in [1.807, 2.05) is 10.3 Å². The minimum atomic E-state index is -4.50. The Morgan fingerprint density at radius 3 is 2.52 bits per heavy atom. The molecular formula is C23H27ClF3N3O2S. The van der Waals surface area contributed by atoms with Crippen LogP contribution in [0.15, 0.2) is 29.8 Å². The van der Waals surface area contributed by atoms with Crippen molar-refractivity contribution in [1.82, 2.24) is 14.8 Å². The summed E-state index contributed by atoms with van der Waals surface area (Å²) >= 11 is 7.19. The topological polar surface area (TPSA) is 45.7 Å². The van der Waals surface area contributed by atoms with Crippen LogP contribution >= 0.6 is 22.9 Å². The first-order valence-electron chi connectivity index (χ1n) is 11.2. The van der Waals surface area contributed by atoms with Gasteiger partial charge in [-0.1, -0.05) is 29.0 Å². The number of hydrogen-bond donors (Lipinski definition) is 0. The van der Waals surface area contributed by atoms with Crippen molar-refractivity contribution in [2.24, 2.45) is 0 Å². The third-order valence-electron chi connectivity index (χ3n) is 6.45. The van der Waals surface area contributed by atoms with E-state index < -0.39 is 11.7 Å². The molecule has 2 saturated heterocycles.